The summed E-state index contributed by atoms with van der Waals surface area (Å²) < 4.78 is 1.98. The van der Waals surface area contributed by atoms with Crippen LogP contribution in [0.5, 0.6) is 0 Å². The molecule has 1 saturated heterocycles. The van der Waals surface area contributed by atoms with Crippen molar-refractivity contribution in [3.63, 3.8) is 0 Å². The van der Waals surface area contributed by atoms with Gasteiger partial charge < -0.3 is 5.32 Å². The van der Waals surface area contributed by atoms with Gasteiger partial charge in [-0.15, -0.1) is 0 Å². The summed E-state index contributed by atoms with van der Waals surface area (Å²) in [6.45, 7) is 4.69. The lowest BCUT2D eigenvalue weighted by atomic mass is 9.75. The first-order valence-electron chi connectivity index (χ1n) is 5.43. The minimum absolute atomic E-state index is 0.574. The van der Waals surface area contributed by atoms with Crippen LogP contribution in [0.25, 0.3) is 0 Å². The summed E-state index contributed by atoms with van der Waals surface area (Å²) in [7, 11) is 2.02. The molecule has 1 N–H and O–H groups in total. The summed E-state index contributed by atoms with van der Waals surface area (Å²) in [6, 6.07) is 2.12. The van der Waals surface area contributed by atoms with Crippen LogP contribution < -0.4 is 5.32 Å². The predicted octanol–water partition coefficient (Wildman–Crippen LogP) is 1.35. The lowest BCUT2D eigenvalue weighted by Gasteiger charge is -2.42. The van der Waals surface area contributed by atoms with E-state index in [-0.39, 0.29) is 0 Å². The summed E-state index contributed by atoms with van der Waals surface area (Å²) in [6.07, 6.45) is 5.62. The lowest BCUT2D eigenvalue weighted by molar-refractivity contribution is 0.145. The summed E-state index contributed by atoms with van der Waals surface area (Å²) in [4.78, 5) is 0. The van der Waals surface area contributed by atoms with Gasteiger partial charge in [-0.05, 0) is 30.7 Å². The fourth-order valence-electron chi connectivity index (χ4n) is 2.12. The van der Waals surface area contributed by atoms with E-state index < -0.39 is 0 Å². The van der Waals surface area contributed by atoms with E-state index in [1.807, 2.05) is 17.9 Å². The molecule has 3 nitrogen and oxygen atoms in total. The number of nitrogens with one attached hydrogen (secondary N) is 1. The Kier molecular flexibility index (Phi) is 2.59. The van der Waals surface area contributed by atoms with E-state index >= 15 is 0 Å². The van der Waals surface area contributed by atoms with Crippen molar-refractivity contribution in [2.75, 3.05) is 13.1 Å². The Labute approximate surface area is 85.5 Å². The topological polar surface area (TPSA) is 29.9 Å². The van der Waals surface area contributed by atoms with Crippen LogP contribution in [0.15, 0.2) is 12.3 Å². The molecule has 1 aromatic rings. The molecule has 14 heavy (non-hydrogen) atoms. The van der Waals surface area contributed by atoms with Crippen molar-refractivity contribution in [3.8, 4) is 0 Å². The monoisotopic (exact) mass is 193 g/mol. The van der Waals surface area contributed by atoms with Gasteiger partial charge >= 0.3 is 0 Å². The SMILES string of the molecule is CCC1(CCc2ccnn2C)CNC1. The highest BCUT2D eigenvalue weighted by Gasteiger charge is 2.34. The third-order valence-electron chi connectivity index (χ3n) is 3.58. The lowest BCUT2D eigenvalue weighted by Crippen LogP contribution is -2.53. The number of aryl methyl sites for hydroxylation is 2. The van der Waals surface area contributed by atoms with Crippen molar-refractivity contribution in [3.05, 3.63) is 18.0 Å². The second kappa shape index (κ2) is 3.73. The molecule has 1 aromatic heterocycles. The first-order valence-corrected chi connectivity index (χ1v) is 5.43. The van der Waals surface area contributed by atoms with Gasteiger partial charge in [-0.3, -0.25) is 4.68 Å². The second-order valence-electron chi connectivity index (χ2n) is 4.40. The molecule has 0 amide bonds. The normalized spacial score (nSPS) is 19.3. The predicted molar refractivity (Wildman–Crippen MR) is 57.1 cm³/mol. The van der Waals surface area contributed by atoms with E-state index in [1.165, 1.54) is 31.6 Å². The van der Waals surface area contributed by atoms with Crippen LogP contribution in [-0.4, -0.2) is 22.9 Å². The number of rotatable bonds is 4. The van der Waals surface area contributed by atoms with Crippen LogP contribution in [0, 0.1) is 5.41 Å². The Morgan fingerprint density at radius 2 is 2.36 bits per heavy atom. The molecule has 3 heteroatoms. The van der Waals surface area contributed by atoms with Crippen molar-refractivity contribution in [2.45, 2.75) is 26.2 Å². The van der Waals surface area contributed by atoms with Crippen molar-refractivity contribution >= 4 is 0 Å². The Morgan fingerprint density at radius 1 is 1.57 bits per heavy atom. The summed E-state index contributed by atoms with van der Waals surface area (Å²) in [5.41, 5.74) is 1.93. The Bertz CT molecular complexity index is 294. The number of hydrogen-bond donors (Lipinski definition) is 1. The van der Waals surface area contributed by atoms with Crippen LogP contribution in [0.3, 0.4) is 0 Å². The molecule has 1 fully saturated rings. The standard InChI is InChI=1S/C11H19N3/c1-3-11(8-12-9-11)6-4-10-5-7-13-14(10)2/h5,7,12H,3-4,6,8-9H2,1-2H3. The molecule has 0 unspecified atom stereocenters. The van der Waals surface area contributed by atoms with Crippen LogP contribution in [0.2, 0.25) is 0 Å². The molecular formula is C11H19N3. The van der Waals surface area contributed by atoms with Gasteiger partial charge in [-0.1, -0.05) is 6.92 Å². The van der Waals surface area contributed by atoms with Gasteiger partial charge in [0.1, 0.15) is 0 Å². The molecule has 0 aliphatic carbocycles. The van der Waals surface area contributed by atoms with E-state index in [4.69, 9.17) is 0 Å². The van der Waals surface area contributed by atoms with Crippen molar-refractivity contribution in [1.82, 2.24) is 15.1 Å². The molecule has 0 atom stereocenters. The Morgan fingerprint density at radius 3 is 2.79 bits per heavy atom. The first kappa shape index (κ1) is 9.71. The van der Waals surface area contributed by atoms with Crippen LogP contribution in [-0.2, 0) is 13.5 Å². The fraction of sp³-hybridized carbons (Fsp3) is 0.727. The van der Waals surface area contributed by atoms with E-state index in [0.717, 1.165) is 6.42 Å². The molecule has 2 heterocycles. The summed E-state index contributed by atoms with van der Waals surface area (Å²) >= 11 is 0. The Balaban J connectivity index is 1.90. The second-order valence-corrected chi connectivity index (χ2v) is 4.40. The molecule has 1 aliphatic rings. The van der Waals surface area contributed by atoms with E-state index in [0.29, 0.717) is 5.41 Å². The van der Waals surface area contributed by atoms with Crippen molar-refractivity contribution in [1.29, 1.82) is 0 Å². The maximum absolute atomic E-state index is 4.19. The largest absolute Gasteiger partial charge is 0.316 e. The van der Waals surface area contributed by atoms with Gasteiger partial charge in [0.15, 0.2) is 0 Å². The number of aromatic nitrogens is 2. The zero-order chi connectivity index (χ0) is 10.0. The molecule has 2 rings (SSSR count). The molecule has 0 aromatic carbocycles. The third kappa shape index (κ3) is 1.69. The summed E-state index contributed by atoms with van der Waals surface area (Å²) in [5, 5.41) is 7.56. The van der Waals surface area contributed by atoms with E-state index in [2.05, 4.69) is 23.4 Å². The van der Waals surface area contributed by atoms with Gasteiger partial charge in [0, 0.05) is 32.0 Å². The van der Waals surface area contributed by atoms with Crippen LogP contribution in [0.1, 0.15) is 25.5 Å². The highest BCUT2D eigenvalue weighted by atomic mass is 15.2. The van der Waals surface area contributed by atoms with Gasteiger partial charge in [-0.2, -0.15) is 5.10 Å². The van der Waals surface area contributed by atoms with Gasteiger partial charge in [0.05, 0.1) is 0 Å². The number of hydrogen-bond acceptors (Lipinski definition) is 2. The zero-order valence-electron chi connectivity index (χ0n) is 9.08. The maximum Gasteiger partial charge on any atom is 0.0492 e. The molecule has 78 valence electrons. The van der Waals surface area contributed by atoms with Gasteiger partial charge in [0.2, 0.25) is 0 Å². The first-order chi connectivity index (χ1) is 6.76. The van der Waals surface area contributed by atoms with E-state index in [1.54, 1.807) is 0 Å². The maximum atomic E-state index is 4.19. The number of nitrogens with zero attached hydrogens (tertiary/aromatic N) is 2. The van der Waals surface area contributed by atoms with Gasteiger partial charge in [0.25, 0.3) is 0 Å². The molecule has 0 radical (unpaired) electrons. The highest BCUT2D eigenvalue weighted by molar-refractivity contribution is 5.02. The minimum atomic E-state index is 0.574. The quantitative estimate of drug-likeness (QED) is 0.782. The van der Waals surface area contributed by atoms with Crippen LogP contribution >= 0.6 is 0 Å². The molecule has 0 spiro atoms. The van der Waals surface area contributed by atoms with Crippen molar-refractivity contribution in [2.24, 2.45) is 12.5 Å². The molecule has 0 saturated carbocycles. The molecule has 0 bridgehead atoms. The average molecular weight is 193 g/mol. The zero-order valence-corrected chi connectivity index (χ0v) is 9.08. The van der Waals surface area contributed by atoms with Crippen molar-refractivity contribution < 1.29 is 0 Å². The summed E-state index contributed by atoms with van der Waals surface area (Å²) in [5.74, 6) is 0. The molecular weight excluding hydrogens is 174 g/mol. The average Bonchev–Trinajstić information content (AvgIpc) is 2.51. The Hall–Kier alpha value is -0.830. The van der Waals surface area contributed by atoms with Crippen LogP contribution in [0.4, 0.5) is 0 Å². The minimum Gasteiger partial charge on any atom is -0.316 e. The van der Waals surface area contributed by atoms with E-state index in [9.17, 15) is 0 Å². The smallest absolute Gasteiger partial charge is 0.0492 e. The molecule has 1 aliphatic heterocycles. The third-order valence-corrected chi connectivity index (χ3v) is 3.58. The fourth-order valence-corrected chi connectivity index (χ4v) is 2.12. The van der Waals surface area contributed by atoms with Gasteiger partial charge in [-0.25, -0.2) is 0 Å². The highest BCUT2D eigenvalue weighted by Crippen LogP contribution is 2.31.